The van der Waals surface area contributed by atoms with Crippen molar-refractivity contribution in [3.63, 3.8) is 0 Å². The van der Waals surface area contributed by atoms with Gasteiger partial charge < -0.3 is 9.13 Å². The highest BCUT2D eigenvalue weighted by molar-refractivity contribution is 6.30. The summed E-state index contributed by atoms with van der Waals surface area (Å²) >= 11 is 6.09. The van der Waals surface area contributed by atoms with Crippen LogP contribution in [0, 0.1) is 13.8 Å². The third-order valence-electron chi connectivity index (χ3n) is 3.95. The van der Waals surface area contributed by atoms with Crippen LogP contribution in [0.5, 0.6) is 0 Å². The van der Waals surface area contributed by atoms with Crippen molar-refractivity contribution in [2.24, 2.45) is 0 Å². The van der Waals surface area contributed by atoms with Crippen LogP contribution in [0.1, 0.15) is 18.4 Å². The minimum atomic E-state index is -0.0122. The molecule has 0 aliphatic heterocycles. The average molecular weight is 328 g/mol. The standard InChI is InChI=1S/C18H18ClN3O/c1-4-21-9-8-16(11-17(21)23)22-12(2)18(20-13(22)3)14-6-5-7-15(19)10-14/h5-11H,4H2,1-3H3. The summed E-state index contributed by atoms with van der Waals surface area (Å²) in [6.07, 6.45) is 1.82. The smallest absolute Gasteiger partial charge is 0.252 e. The van der Waals surface area contributed by atoms with Crippen LogP contribution in [-0.2, 0) is 6.54 Å². The first-order valence-corrected chi connectivity index (χ1v) is 7.91. The molecule has 4 nitrogen and oxygen atoms in total. The second-order valence-corrected chi connectivity index (χ2v) is 5.88. The summed E-state index contributed by atoms with van der Waals surface area (Å²) in [5, 5.41) is 0.680. The molecule has 0 bridgehead atoms. The fourth-order valence-electron chi connectivity index (χ4n) is 2.83. The molecular formula is C18H18ClN3O. The molecule has 0 aliphatic rings. The molecule has 23 heavy (non-hydrogen) atoms. The fraction of sp³-hybridized carbons (Fsp3) is 0.222. The SMILES string of the molecule is CCn1ccc(-n2c(C)nc(-c3cccc(Cl)c3)c2C)cc1=O. The highest BCUT2D eigenvalue weighted by Gasteiger charge is 2.14. The van der Waals surface area contributed by atoms with E-state index < -0.39 is 0 Å². The molecule has 0 unspecified atom stereocenters. The Balaban J connectivity index is 2.15. The monoisotopic (exact) mass is 327 g/mol. The molecule has 0 amide bonds. The predicted octanol–water partition coefficient (Wildman–Crippen LogP) is 3.99. The van der Waals surface area contributed by atoms with E-state index >= 15 is 0 Å². The van der Waals surface area contributed by atoms with E-state index in [1.54, 1.807) is 10.6 Å². The summed E-state index contributed by atoms with van der Waals surface area (Å²) in [5.74, 6) is 0.839. The van der Waals surface area contributed by atoms with E-state index in [0.717, 1.165) is 28.5 Å². The Morgan fingerprint density at radius 3 is 2.61 bits per heavy atom. The number of benzene rings is 1. The normalized spacial score (nSPS) is 11.0. The van der Waals surface area contributed by atoms with E-state index in [4.69, 9.17) is 11.6 Å². The first-order chi connectivity index (χ1) is 11.0. The van der Waals surface area contributed by atoms with Gasteiger partial charge in [-0.1, -0.05) is 23.7 Å². The molecule has 5 heteroatoms. The Bertz CT molecular complexity index is 924. The molecule has 2 heterocycles. The van der Waals surface area contributed by atoms with Crippen molar-refractivity contribution in [3.05, 3.63) is 69.5 Å². The van der Waals surface area contributed by atoms with E-state index in [2.05, 4.69) is 4.98 Å². The van der Waals surface area contributed by atoms with Crippen molar-refractivity contribution in [3.8, 4) is 16.9 Å². The van der Waals surface area contributed by atoms with Crippen LogP contribution in [0.2, 0.25) is 5.02 Å². The topological polar surface area (TPSA) is 39.8 Å². The Morgan fingerprint density at radius 1 is 1.17 bits per heavy atom. The van der Waals surface area contributed by atoms with Gasteiger partial charge in [0.05, 0.1) is 11.4 Å². The number of nitrogens with zero attached hydrogens (tertiary/aromatic N) is 3. The van der Waals surface area contributed by atoms with Gasteiger partial charge in [-0.3, -0.25) is 4.79 Å². The zero-order valence-corrected chi connectivity index (χ0v) is 14.1. The molecule has 0 spiro atoms. The second kappa shape index (κ2) is 6.05. The number of aromatic nitrogens is 3. The van der Waals surface area contributed by atoms with E-state index in [-0.39, 0.29) is 5.56 Å². The lowest BCUT2D eigenvalue weighted by Crippen LogP contribution is -2.18. The van der Waals surface area contributed by atoms with Gasteiger partial charge in [-0.2, -0.15) is 0 Å². The molecule has 0 saturated carbocycles. The van der Waals surface area contributed by atoms with Crippen LogP contribution in [-0.4, -0.2) is 14.1 Å². The summed E-state index contributed by atoms with van der Waals surface area (Å²) < 4.78 is 3.67. The lowest BCUT2D eigenvalue weighted by atomic mass is 10.1. The van der Waals surface area contributed by atoms with Crippen LogP contribution in [0.3, 0.4) is 0 Å². The molecule has 3 rings (SSSR count). The Morgan fingerprint density at radius 2 is 1.96 bits per heavy atom. The molecule has 0 N–H and O–H groups in total. The predicted molar refractivity (Wildman–Crippen MR) is 93.4 cm³/mol. The number of halogens is 1. The number of pyridine rings is 1. The number of aryl methyl sites for hydroxylation is 2. The maximum Gasteiger partial charge on any atom is 0.252 e. The van der Waals surface area contributed by atoms with Crippen LogP contribution in [0.25, 0.3) is 16.9 Å². The molecule has 1 aromatic carbocycles. The van der Waals surface area contributed by atoms with E-state index in [9.17, 15) is 4.79 Å². The lowest BCUT2D eigenvalue weighted by Gasteiger charge is -2.09. The average Bonchev–Trinajstić information content (AvgIpc) is 2.82. The summed E-state index contributed by atoms with van der Waals surface area (Å²) in [6, 6.07) is 11.2. The Kier molecular flexibility index (Phi) is 4.09. The van der Waals surface area contributed by atoms with E-state index in [1.165, 1.54) is 0 Å². The Labute approximate surface area is 140 Å². The first kappa shape index (κ1) is 15.6. The van der Waals surface area contributed by atoms with Crippen LogP contribution in [0.4, 0.5) is 0 Å². The zero-order chi connectivity index (χ0) is 16.6. The number of rotatable bonds is 3. The minimum Gasteiger partial charge on any atom is -0.316 e. The van der Waals surface area contributed by atoms with Crippen molar-refractivity contribution < 1.29 is 0 Å². The van der Waals surface area contributed by atoms with Crippen molar-refractivity contribution in [2.75, 3.05) is 0 Å². The maximum absolute atomic E-state index is 12.1. The number of imidazole rings is 1. The molecule has 0 fully saturated rings. The summed E-state index contributed by atoms with van der Waals surface area (Å²) in [5.41, 5.74) is 3.65. The van der Waals surface area contributed by atoms with Crippen LogP contribution in [0.15, 0.2) is 47.4 Å². The van der Waals surface area contributed by atoms with Crippen LogP contribution < -0.4 is 5.56 Å². The van der Waals surface area contributed by atoms with Gasteiger partial charge in [0.1, 0.15) is 5.82 Å². The summed E-state index contributed by atoms with van der Waals surface area (Å²) in [7, 11) is 0. The number of hydrogen-bond acceptors (Lipinski definition) is 2. The van der Waals surface area contributed by atoms with Gasteiger partial charge in [0.25, 0.3) is 5.56 Å². The highest BCUT2D eigenvalue weighted by Crippen LogP contribution is 2.27. The van der Waals surface area contributed by atoms with E-state index in [0.29, 0.717) is 11.6 Å². The molecule has 0 radical (unpaired) electrons. The molecule has 2 aromatic heterocycles. The Hall–Kier alpha value is -2.33. The molecule has 118 valence electrons. The first-order valence-electron chi connectivity index (χ1n) is 7.54. The molecule has 3 aromatic rings. The van der Waals surface area contributed by atoms with Crippen molar-refractivity contribution in [1.29, 1.82) is 0 Å². The molecule has 0 atom stereocenters. The summed E-state index contributed by atoms with van der Waals surface area (Å²) in [4.78, 5) is 16.8. The molecular weight excluding hydrogens is 310 g/mol. The third-order valence-corrected chi connectivity index (χ3v) is 4.19. The number of hydrogen-bond donors (Lipinski definition) is 0. The fourth-order valence-corrected chi connectivity index (χ4v) is 3.02. The van der Waals surface area contributed by atoms with Gasteiger partial charge in [0.2, 0.25) is 0 Å². The van der Waals surface area contributed by atoms with Gasteiger partial charge in [-0.15, -0.1) is 0 Å². The van der Waals surface area contributed by atoms with E-state index in [1.807, 2.05) is 61.9 Å². The molecule has 0 saturated heterocycles. The van der Waals surface area contributed by atoms with Crippen molar-refractivity contribution >= 4 is 11.6 Å². The van der Waals surface area contributed by atoms with Crippen LogP contribution >= 0.6 is 11.6 Å². The molecule has 0 aliphatic carbocycles. The summed E-state index contributed by atoms with van der Waals surface area (Å²) in [6.45, 7) is 6.55. The highest BCUT2D eigenvalue weighted by atomic mass is 35.5. The van der Waals surface area contributed by atoms with Gasteiger partial charge in [0, 0.05) is 35.1 Å². The largest absolute Gasteiger partial charge is 0.316 e. The van der Waals surface area contributed by atoms with Gasteiger partial charge in [-0.25, -0.2) is 4.98 Å². The zero-order valence-electron chi connectivity index (χ0n) is 13.4. The lowest BCUT2D eigenvalue weighted by molar-refractivity contribution is 0.723. The third kappa shape index (κ3) is 2.82. The van der Waals surface area contributed by atoms with Gasteiger partial charge in [-0.05, 0) is 39.0 Å². The van der Waals surface area contributed by atoms with Gasteiger partial charge >= 0.3 is 0 Å². The van der Waals surface area contributed by atoms with Crippen molar-refractivity contribution in [2.45, 2.75) is 27.3 Å². The quantitative estimate of drug-likeness (QED) is 0.729. The second-order valence-electron chi connectivity index (χ2n) is 5.45. The minimum absolute atomic E-state index is 0.0122. The van der Waals surface area contributed by atoms with Crippen molar-refractivity contribution in [1.82, 2.24) is 14.1 Å². The maximum atomic E-state index is 12.1. The van der Waals surface area contributed by atoms with Gasteiger partial charge in [0.15, 0.2) is 0 Å².